The number of aliphatic hydroxyl groups is 2. The number of rotatable bonds is 5. The van der Waals surface area contributed by atoms with Crippen molar-refractivity contribution in [1.82, 2.24) is 4.98 Å². The maximum absolute atomic E-state index is 12.8. The first kappa shape index (κ1) is 16.1. The Balaban J connectivity index is 2.41. The number of carbonyl (C=O) groups is 1. The van der Waals surface area contributed by atoms with Gasteiger partial charge in [0.05, 0.1) is 36.8 Å². The minimum atomic E-state index is -0.396. The molecule has 0 amide bonds. The van der Waals surface area contributed by atoms with Crippen LogP contribution in [0.1, 0.15) is 22.5 Å². The van der Waals surface area contributed by atoms with Crippen LogP contribution in [0.25, 0.3) is 21.9 Å². The van der Waals surface area contributed by atoms with Gasteiger partial charge in [0.25, 0.3) is 0 Å². The highest BCUT2D eigenvalue weighted by Gasteiger charge is 2.18. The maximum Gasteiger partial charge on any atom is 0.202 e. The van der Waals surface area contributed by atoms with Gasteiger partial charge in [0.15, 0.2) is 5.78 Å². The second-order valence-corrected chi connectivity index (χ2v) is 5.21. The van der Waals surface area contributed by atoms with Gasteiger partial charge >= 0.3 is 0 Å². The van der Waals surface area contributed by atoms with Crippen molar-refractivity contribution in [1.29, 1.82) is 0 Å². The third-order valence-corrected chi connectivity index (χ3v) is 3.73. The zero-order valence-electron chi connectivity index (χ0n) is 12.9. The molecule has 2 N–H and O–H groups in total. The number of pyridine rings is 1. The van der Waals surface area contributed by atoms with E-state index in [4.69, 9.17) is 19.4 Å². The molecule has 0 aliphatic rings. The van der Waals surface area contributed by atoms with Gasteiger partial charge in [-0.1, -0.05) is 0 Å². The lowest BCUT2D eigenvalue weighted by molar-refractivity contribution is 0.0958. The molecule has 1 aromatic carbocycles. The molecular weight excluding hydrogens is 314 g/mol. The van der Waals surface area contributed by atoms with Crippen LogP contribution < -0.4 is 10.2 Å². The summed E-state index contributed by atoms with van der Waals surface area (Å²) in [7, 11) is 1.44. The molecule has 7 nitrogen and oxygen atoms in total. The zero-order valence-corrected chi connectivity index (χ0v) is 12.9. The van der Waals surface area contributed by atoms with E-state index in [1.807, 2.05) is 0 Å². The summed E-state index contributed by atoms with van der Waals surface area (Å²) in [5.74, 6) is -0.0179. The number of ether oxygens (including phenoxy) is 1. The van der Waals surface area contributed by atoms with Crippen molar-refractivity contribution in [2.45, 2.75) is 13.0 Å². The number of aromatic nitrogens is 1. The van der Waals surface area contributed by atoms with Gasteiger partial charge in [-0.05, 0) is 6.07 Å². The van der Waals surface area contributed by atoms with Crippen LogP contribution in [0.2, 0.25) is 0 Å². The van der Waals surface area contributed by atoms with E-state index in [0.29, 0.717) is 11.4 Å². The summed E-state index contributed by atoms with van der Waals surface area (Å²) in [6.07, 6.45) is 1.21. The molecule has 7 heteroatoms. The first-order valence-electron chi connectivity index (χ1n) is 7.27. The molecule has 0 unspecified atom stereocenters. The van der Waals surface area contributed by atoms with Crippen molar-refractivity contribution in [3.05, 3.63) is 45.9 Å². The van der Waals surface area contributed by atoms with Crippen LogP contribution in [0.3, 0.4) is 0 Å². The van der Waals surface area contributed by atoms with Crippen LogP contribution in [0.15, 0.2) is 33.6 Å². The fraction of sp³-hybridized carbons (Fsp3) is 0.235. The number of aliphatic hydroxyl groups excluding tert-OH is 2. The van der Waals surface area contributed by atoms with E-state index in [0.717, 1.165) is 0 Å². The molecule has 3 rings (SSSR count). The molecule has 0 radical (unpaired) electrons. The van der Waals surface area contributed by atoms with Crippen LogP contribution >= 0.6 is 0 Å². The molecule has 0 saturated carbocycles. The molecule has 0 fully saturated rings. The Hall–Kier alpha value is -2.77. The molecule has 2 heterocycles. The summed E-state index contributed by atoms with van der Waals surface area (Å²) in [6, 6.07) is 4.45. The summed E-state index contributed by atoms with van der Waals surface area (Å²) in [6.45, 7) is -0.603. The highest BCUT2D eigenvalue weighted by atomic mass is 16.5. The lowest BCUT2D eigenvalue weighted by Crippen LogP contribution is -2.11. The van der Waals surface area contributed by atoms with Gasteiger partial charge < -0.3 is 19.4 Å². The van der Waals surface area contributed by atoms with Crippen LogP contribution in [-0.4, -0.2) is 34.7 Å². The van der Waals surface area contributed by atoms with Gasteiger partial charge in [-0.15, -0.1) is 0 Å². The average molecular weight is 329 g/mol. The van der Waals surface area contributed by atoms with E-state index in [9.17, 15) is 9.59 Å². The second kappa shape index (κ2) is 6.38. The Kier molecular flexibility index (Phi) is 4.28. The first-order chi connectivity index (χ1) is 11.6. The van der Waals surface area contributed by atoms with E-state index < -0.39 is 5.43 Å². The number of ketones is 1. The monoisotopic (exact) mass is 329 g/mol. The van der Waals surface area contributed by atoms with Crippen molar-refractivity contribution in [2.75, 3.05) is 13.7 Å². The van der Waals surface area contributed by atoms with Crippen molar-refractivity contribution < 1.29 is 24.2 Å². The maximum atomic E-state index is 12.8. The highest BCUT2D eigenvalue weighted by molar-refractivity contribution is 6.09. The highest BCUT2D eigenvalue weighted by Crippen LogP contribution is 2.27. The normalized spacial score (nSPS) is 11.1. The van der Waals surface area contributed by atoms with Crippen molar-refractivity contribution in [3.8, 4) is 5.75 Å². The SMILES string of the molecule is COc1cc(C(=O)CCO)c2c(=O)c3cnc(CO)cc3oc2c1. The number of fused-ring (bicyclic) bond motifs is 2. The zero-order chi connectivity index (χ0) is 17.3. The number of hydrogen-bond donors (Lipinski definition) is 2. The third-order valence-electron chi connectivity index (χ3n) is 3.73. The standard InChI is InChI=1S/C17H15NO6/c1-23-10-5-11(13(21)2-3-19)16-15(6-10)24-14-4-9(8-20)18-7-12(14)17(16)22/h4-7,19-20H,2-3,8H2,1H3. The minimum absolute atomic E-state index is 0.110. The van der Waals surface area contributed by atoms with Crippen LogP contribution in [0, 0.1) is 0 Å². The van der Waals surface area contributed by atoms with Gasteiger partial charge in [0.2, 0.25) is 5.43 Å². The molecule has 0 atom stereocenters. The topological polar surface area (TPSA) is 110 Å². The number of Topliss-reactive ketones (excluding diaryl/α,β-unsaturated/α-hetero) is 1. The van der Waals surface area contributed by atoms with Gasteiger partial charge in [0.1, 0.15) is 16.9 Å². The average Bonchev–Trinajstić information content (AvgIpc) is 2.60. The molecular formula is C17H15NO6. The summed E-state index contributed by atoms with van der Waals surface area (Å²) in [4.78, 5) is 29.0. The first-order valence-corrected chi connectivity index (χ1v) is 7.27. The lowest BCUT2D eigenvalue weighted by atomic mass is 10.0. The largest absolute Gasteiger partial charge is 0.497 e. The molecule has 0 aliphatic carbocycles. The molecule has 0 aliphatic heterocycles. The van der Waals surface area contributed by atoms with Crippen LogP contribution in [0.5, 0.6) is 5.75 Å². The number of benzene rings is 1. The molecule has 124 valence electrons. The Labute approximate surface area is 136 Å². The fourth-order valence-corrected chi connectivity index (χ4v) is 2.55. The van der Waals surface area contributed by atoms with Gasteiger partial charge in [-0.2, -0.15) is 0 Å². The van der Waals surface area contributed by atoms with Crippen molar-refractivity contribution in [2.24, 2.45) is 0 Å². The van der Waals surface area contributed by atoms with Gasteiger partial charge in [-0.25, -0.2) is 0 Å². The quantitative estimate of drug-likeness (QED) is 0.538. The van der Waals surface area contributed by atoms with E-state index >= 15 is 0 Å². The van der Waals surface area contributed by atoms with E-state index in [1.165, 1.54) is 31.5 Å². The molecule has 3 aromatic rings. The van der Waals surface area contributed by atoms with E-state index in [1.54, 1.807) is 0 Å². The predicted molar refractivity (Wildman–Crippen MR) is 86.3 cm³/mol. The number of nitrogens with zero attached hydrogens (tertiary/aromatic N) is 1. The lowest BCUT2D eigenvalue weighted by Gasteiger charge is -2.09. The smallest absolute Gasteiger partial charge is 0.202 e. The van der Waals surface area contributed by atoms with Crippen molar-refractivity contribution >= 4 is 27.7 Å². The van der Waals surface area contributed by atoms with Crippen LogP contribution in [-0.2, 0) is 6.61 Å². The Bertz CT molecular complexity index is 992. The number of hydrogen-bond acceptors (Lipinski definition) is 7. The fourth-order valence-electron chi connectivity index (χ4n) is 2.55. The van der Waals surface area contributed by atoms with Gasteiger partial charge in [-0.3, -0.25) is 14.6 Å². The summed E-state index contributed by atoms with van der Waals surface area (Å²) < 4.78 is 10.9. The predicted octanol–water partition coefficient (Wildman–Crippen LogP) is 1.41. The van der Waals surface area contributed by atoms with Gasteiger partial charge in [0, 0.05) is 30.3 Å². The van der Waals surface area contributed by atoms with E-state index in [-0.39, 0.29) is 52.9 Å². The van der Waals surface area contributed by atoms with Crippen molar-refractivity contribution in [3.63, 3.8) is 0 Å². The summed E-state index contributed by atoms with van der Waals surface area (Å²) >= 11 is 0. The Morgan fingerprint density at radius 3 is 2.71 bits per heavy atom. The number of carbonyl (C=O) groups excluding carboxylic acids is 1. The van der Waals surface area contributed by atoms with Crippen LogP contribution in [0.4, 0.5) is 0 Å². The molecule has 0 bridgehead atoms. The Morgan fingerprint density at radius 2 is 2.04 bits per heavy atom. The minimum Gasteiger partial charge on any atom is -0.497 e. The summed E-state index contributed by atoms with van der Waals surface area (Å²) in [5.41, 5.74) is 0.570. The molecule has 0 saturated heterocycles. The second-order valence-electron chi connectivity index (χ2n) is 5.21. The van der Waals surface area contributed by atoms with E-state index in [2.05, 4.69) is 4.98 Å². The molecule has 24 heavy (non-hydrogen) atoms. The molecule has 0 spiro atoms. The third kappa shape index (κ3) is 2.64. The Morgan fingerprint density at radius 1 is 1.25 bits per heavy atom. The molecule has 2 aromatic heterocycles. The summed E-state index contributed by atoms with van der Waals surface area (Å²) in [5, 5.41) is 18.5. The number of methoxy groups -OCH3 is 1.